The van der Waals surface area contributed by atoms with Crippen molar-refractivity contribution in [1.82, 2.24) is 16.0 Å². The van der Waals surface area contributed by atoms with E-state index < -0.39 is 47.7 Å². The average molecular weight is 420 g/mol. The minimum Gasteiger partial charge on any atom is -0.480 e. The molecule has 160 valence electrons. The van der Waals surface area contributed by atoms with Gasteiger partial charge in [0.05, 0.1) is 6.54 Å². The summed E-state index contributed by atoms with van der Waals surface area (Å²) in [6, 6.07) is -3.45. The van der Waals surface area contributed by atoms with Gasteiger partial charge in [0.2, 0.25) is 23.6 Å². The Balaban J connectivity index is 5.31. The maximum Gasteiger partial charge on any atom is 0.326 e. The third-order valence-corrected chi connectivity index (χ3v) is 4.47. The molecule has 0 saturated heterocycles. The number of nitrogens with two attached hydrogens (primary N) is 2. The molecular weight excluding hydrogens is 390 g/mol. The smallest absolute Gasteiger partial charge is 0.326 e. The number of thiol groups is 1. The zero-order valence-corrected chi connectivity index (χ0v) is 16.8. The largest absolute Gasteiger partial charge is 0.480 e. The maximum atomic E-state index is 12.5. The molecule has 28 heavy (non-hydrogen) atoms. The summed E-state index contributed by atoms with van der Waals surface area (Å²) in [7, 11) is 0. The van der Waals surface area contributed by atoms with E-state index in [4.69, 9.17) is 11.5 Å². The predicted octanol–water partition coefficient (Wildman–Crippen LogP) is -2.27. The van der Waals surface area contributed by atoms with Crippen molar-refractivity contribution in [2.75, 3.05) is 12.3 Å². The molecule has 12 heteroatoms. The fourth-order valence-corrected chi connectivity index (χ4v) is 2.47. The van der Waals surface area contributed by atoms with Gasteiger partial charge in [-0.05, 0) is 12.3 Å². The zero-order chi connectivity index (χ0) is 21.9. The fraction of sp³-hybridized carbons (Fsp3) is 0.688. The summed E-state index contributed by atoms with van der Waals surface area (Å²) in [6.45, 7) is 3.10. The minimum atomic E-state index is -1.22. The van der Waals surface area contributed by atoms with Gasteiger partial charge in [-0.25, -0.2) is 4.79 Å². The highest BCUT2D eigenvalue weighted by molar-refractivity contribution is 7.80. The molecule has 0 aliphatic heterocycles. The highest BCUT2D eigenvalue weighted by Gasteiger charge is 2.31. The number of carbonyl (C=O) groups is 5. The third kappa shape index (κ3) is 9.04. The molecule has 0 fully saturated rings. The Bertz CT molecular complexity index is 588. The fourth-order valence-electron chi connectivity index (χ4n) is 2.21. The van der Waals surface area contributed by atoms with E-state index in [1.165, 1.54) is 0 Å². The van der Waals surface area contributed by atoms with E-state index >= 15 is 0 Å². The van der Waals surface area contributed by atoms with Gasteiger partial charge in [-0.15, -0.1) is 0 Å². The molecule has 0 aliphatic carbocycles. The van der Waals surface area contributed by atoms with Crippen LogP contribution >= 0.6 is 12.6 Å². The van der Waals surface area contributed by atoms with Crippen molar-refractivity contribution >= 4 is 42.2 Å². The number of primary amides is 1. The molecule has 8 N–H and O–H groups in total. The second-order valence-electron chi connectivity index (χ2n) is 6.28. The first kappa shape index (κ1) is 25.7. The molecular formula is C16H29N5O6S. The van der Waals surface area contributed by atoms with E-state index in [1.54, 1.807) is 13.8 Å². The van der Waals surface area contributed by atoms with Crippen molar-refractivity contribution < 1.29 is 29.1 Å². The van der Waals surface area contributed by atoms with Crippen molar-refractivity contribution in [2.45, 2.75) is 51.2 Å². The van der Waals surface area contributed by atoms with Gasteiger partial charge in [-0.1, -0.05) is 20.3 Å². The molecule has 0 rings (SSSR count). The molecule has 0 aromatic rings. The van der Waals surface area contributed by atoms with Crippen molar-refractivity contribution in [1.29, 1.82) is 0 Å². The van der Waals surface area contributed by atoms with E-state index in [2.05, 4.69) is 28.6 Å². The number of carbonyl (C=O) groups excluding carboxylic acids is 4. The molecule has 0 aromatic carbocycles. The van der Waals surface area contributed by atoms with Crippen molar-refractivity contribution in [2.24, 2.45) is 17.4 Å². The SMILES string of the molecule is CCC(C)C(NC(=O)C(CCC(N)=O)NC(=O)C(CS)NC(=O)CN)C(=O)O. The molecule has 0 aromatic heterocycles. The van der Waals surface area contributed by atoms with Crippen molar-refractivity contribution in [3.63, 3.8) is 0 Å². The molecule has 4 amide bonds. The van der Waals surface area contributed by atoms with Crippen LogP contribution in [0.5, 0.6) is 0 Å². The van der Waals surface area contributed by atoms with Gasteiger partial charge in [-0.3, -0.25) is 19.2 Å². The Kier molecular flexibility index (Phi) is 11.9. The van der Waals surface area contributed by atoms with Crippen LogP contribution in [0.15, 0.2) is 0 Å². The first-order chi connectivity index (χ1) is 13.1. The third-order valence-electron chi connectivity index (χ3n) is 4.11. The van der Waals surface area contributed by atoms with Crippen LogP contribution in [0.2, 0.25) is 0 Å². The predicted molar refractivity (Wildman–Crippen MR) is 104 cm³/mol. The van der Waals surface area contributed by atoms with Gasteiger partial charge in [0, 0.05) is 12.2 Å². The van der Waals surface area contributed by atoms with Gasteiger partial charge in [0.1, 0.15) is 18.1 Å². The van der Waals surface area contributed by atoms with Crippen LogP contribution in [-0.4, -0.2) is 65.1 Å². The number of carboxylic acids is 1. The average Bonchev–Trinajstić information content (AvgIpc) is 2.65. The first-order valence-corrected chi connectivity index (χ1v) is 9.42. The van der Waals surface area contributed by atoms with Crippen molar-refractivity contribution in [3.05, 3.63) is 0 Å². The normalized spacial score (nSPS) is 14.9. The number of amides is 4. The number of carboxylic acid groups (broad SMARTS) is 1. The Morgan fingerprint density at radius 1 is 1.04 bits per heavy atom. The van der Waals surface area contributed by atoms with Crippen LogP contribution in [0, 0.1) is 5.92 Å². The van der Waals surface area contributed by atoms with Gasteiger partial charge in [0.25, 0.3) is 0 Å². The highest BCUT2D eigenvalue weighted by atomic mass is 32.1. The Hall–Kier alpha value is -2.34. The molecule has 4 unspecified atom stereocenters. The minimum absolute atomic E-state index is 0.0631. The first-order valence-electron chi connectivity index (χ1n) is 8.79. The second-order valence-corrected chi connectivity index (χ2v) is 6.65. The van der Waals surface area contributed by atoms with Gasteiger partial charge >= 0.3 is 5.97 Å². The van der Waals surface area contributed by atoms with Crippen LogP contribution < -0.4 is 27.4 Å². The standard InChI is InChI=1S/C16H29N5O6S/c1-3-8(2)13(16(26)27)21-14(24)9(4-5-11(18)22)20-15(25)10(7-28)19-12(23)6-17/h8-10,13,28H,3-7,17H2,1-2H3,(H2,18,22)(H,19,23)(H,20,25)(H,21,24)(H,26,27). The van der Waals surface area contributed by atoms with Crippen LogP contribution in [0.3, 0.4) is 0 Å². The van der Waals surface area contributed by atoms with Crippen LogP contribution in [0.1, 0.15) is 33.1 Å². The number of rotatable bonds is 13. The number of aliphatic carboxylic acids is 1. The monoisotopic (exact) mass is 419 g/mol. The summed E-state index contributed by atoms with van der Waals surface area (Å²) in [5, 5.41) is 16.4. The molecule has 0 heterocycles. The van der Waals surface area contributed by atoms with Crippen LogP contribution in [0.25, 0.3) is 0 Å². The Morgan fingerprint density at radius 3 is 2.04 bits per heavy atom. The Morgan fingerprint density at radius 2 is 1.61 bits per heavy atom. The lowest BCUT2D eigenvalue weighted by atomic mass is 9.98. The number of nitrogens with one attached hydrogen (secondary N) is 3. The van der Waals surface area contributed by atoms with Gasteiger partial charge < -0.3 is 32.5 Å². The molecule has 0 spiro atoms. The highest BCUT2D eigenvalue weighted by Crippen LogP contribution is 2.09. The summed E-state index contributed by atoms with van der Waals surface area (Å²) in [4.78, 5) is 58.8. The molecule has 4 atom stereocenters. The molecule has 11 nitrogen and oxygen atoms in total. The number of hydrogen-bond acceptors (Lipinski definition) is 7. The summed E-state index contributed by atoms with van der Waals surface area (Å²) in [5.41, 5.74) is 10.3. The molecule has 0 bridgehead atoms. The molecule has 0 radical (unpaired) electrons. The van der Waals surface area contributed by atoms with E-state index in [1.807, 2.05) is 0 Å². The summed E-state index contributed by atoms with van der Waals surface area (Å²) in [5.74, 6) is -4.41. The zero-order valence-electron chi connectivity index (χ0n) is 15.9. The second kappa shape index (κ2) is 12.9. The molecule has 0 aliphatic rings. The van der Waals surface area contributed by atoms with E-state index in [0.717, 1.165) is 0 Å². The van der Waals surface area contributed by atoms with Crippen LogP contribution in [-0.2, 0) is 24.0 Å². The quantitative estimate of drug-likeness (QED) is 0.163. The summed E-state index contributed by atoms with van der Waals surface area (Å²) < 4.78 is 0. The van der Waals surface area contributed by atoms with Gasteiger partial charge in [-0.2, -0.15) is 12.6 Å². The Labute approximate surface area is 168 Å². The lowest BCUT2D eigenvalue weighted by Crippen LogP contribution is -2.57. The summed E-state index contributed by atoms with van der Waals surface area (Å²) >= 11 is 3.98. The van der Waals surface area contributed by atoms with E-state index in [-0.39, 0.29) is 31.1 Å². The lowest BCUT2D eigenvalue weighted by Gasteiger charge is -2.25. The lowest BCUT2D eigenvalue weighted by molar-refractivity contribution is -0.144. The topological polar surface area (TPSA) is 194 Å². The van der Waals surface area contributed by atoms with Crippen LogP contribution in [0.4, 0.5) is 0 Å². The number of hydrogen-bond donors (Lipinski definition) is 7. The van der Waals surface area contributed by atoms with E-state index in [0.29, 0.717) is 6.42 Å². The maximum absolute atomic E-state index is 12.5. The summed E-state index contributed by atoms with van der Waals surface area (Å²) in [6.07, 6.45) is 0.159. The van der Waals surface area contributed by atoms with E-state index in [9.17, 15) is 29.1 Å². The molecule has 0 saturated carbocycles. The van der Waals surface area contributed by atoms with Gasteiger partial charge in [0.15, 0.2) is 0 Å². The van der Waals surface area contributed by atoms with Crippen molar-refractivity contribution in [3.8, 4) is 0 Å².